The van der Waals surface area contributed by atoms with Gasteiger partial charge in [-0.05, 0) is 112 Å². The minimum Gasteiger partial charge on any atom is -0.456 e. The molecule has 0 aliphatic heterocycles. The lowest BCUT2D eigenvalue weighted by molar-refractivity contribution is 0.601. The van der Waals surface area contributed by atoms with Gasteiger partial charge in [-0.2, -0.15) is 0 Å². The van der Waals surface area contributed by atoms with Gasteiger partial charge in [0.05, 0.1) is 0 Å². The van der Waals surface area contributed by atoms with Crippen molar-refractivity contribution >= 4 is 65.0 Å². The molecule has 0 atom stereocenters. The molecule has 49 heavy (non-hydrogen) atoms. The largest absolute Gasteiger partial charge is 0.456 e. The van der Waals surface area contributed by atoms with E-state index < -0.39 is 0 Å². The van der Waals surface area contributed by atoms with Crippen molar-refractivity contribution in [1.29, 1.82) is 0 Å². The number of fused-ring (bicyclic) bond motifs is 7. The normalized spacial score (nSPS) is 12.7. The summed E-state index contributed by atoms with van der Waals surface area (Å²) >= 11 is 0. The predicted octanol–water partition coefficient (Wildman–Crippen LogP) is 14.1. The van der Waals surface area contributed by atoms with Crippen molar-refractivity contribution in [3.63, 3.8) is 0 Å². The van der Waals surface area contributed by atoms with Crippen molar-refractivity contribution in [3.05, 3.63) is 145 Å². The molecule has 0 spiro atoms. The van der Waals surface area contributed by atoms with Crippen LogP contribution in [0.1, 0.15) is 52.7 Å². The van der Waals surface area contributed by atoms with Crippen LogP contribution in [0.15, 0.2) is 138 Å². The van der Waals surface area contributed by atoms with Crippen LogP contribution in [0.4, 0.5) is 0 Å². The highest BCUT2D eigenvalue weighted by molar-refractivity contribution is 6.19. The van der Waals surface area contributed by atoms with Crippen LogP contribution in [-0.4, -0.2) is 0 Å². The maximum atomic E-state index is 6.65. The summed E-state index contributed by atoms with van der Waals surface area (Å²) in [5.74, 6) is 0. The molecular formula is C48H40O. The summed E-state index contributed by atoms with van der Waals surface area (Å²) in [6.45, 7) is 13.9. The zero-order chi connectivity index (χ0) is 33.7. The van der Waals surface area contributed by atoms with Crippen molar-refractivity contribution < 1.29 is 4.42 Å². The second-order valence-corrected chi connectivity index (χ2v) is 15.7. The van der Waals surface area contributed by atoms with E-state index in [4.69, 9.17) is 4.42 Å². The maximum Gasteiger partial charge on any atom is 0.136 e. The molecule has 1 nitrogen and oxygen atoms in total. The SMILES string of the molecule is CC(C)(C)c1c2ccccc2c(-c2ccc3c(c2)oc2ccc(-c4c5ccccc5c(C(C)(C)C)c5ccccc45)cc23)c2ccccc12. The van der Waals surface area contributed by atoms with Crippen molar-refractivity contribution in [2.24, 2.45) is 0 Å². The van der Waals surface area contributed by atoms with Crippen molar-refractivity contribution in [3.8, 4) is 22.3 Å². The van der Waals surface area contributed by atoms with Crippen LogP contribution < -0.4 is 0 Å². The standard InChI is InChI=1S/C48H40O/c1-47(2,3)45-36-19-11-7-15-32(36)43(33-16-8-12-20-37(33)45)29-24-26-41-40(27-29)31-25-23-30(28-42(31)49-41)44-34-17-9-13-21-38(34)46(48(4,5)6)39-22-14-10-18-35(39)44/h7-28H,1-6H3. The van der Waals surface area contributed by atoms with E-state index in [1.54, 1.807) is 0 Å². The number of hydrogen-bond donors (Lipinski definition) is 0. The quantitative estimate of drug-likeness (QED) is 0.173. The van der Waals surface area contributed by atoms with Gasteiger partial charge in [-0.1, -0.05) is 151 Å². The first-order valence-electron chi connectivity index (χ1n) is 17.4. The third-order valence-electron chi connectivity index (χ3n) is 10.4. The Morgan fingerprint density at radius 1 is 0.327 bits per heavy atom. The van der Waals surface area contributed by atoms with E-state index >= 15 is 0 Å². The summed E-state index contributed by atoms with van der Waals surface area (Å²) < 4.78 is 6.65. The van der Waals surface area contributed by atoms with Crippen LogP contribution in [-0.2, 0) is 10.8 Å². The topological polar surface area (TPSA) is 13.1 Å². The lowest BCUT2D eigenvalue weighted by Crippen LogP contribution is -2.13. The van der Waals surface area contributed by atoms with E-state index in [1.807, 2.05) is 0 Å². The average Bonchev–Trinajstić information content (AvgIpc) is 3.45. The van der Waals surface area contributed by atoms with Gasteiger partial charge in [-0.3, -0.25) is 0 Å². The summed E-state index contributed by atoms with van der Waals surface area (Å²) in [5, 5.41) is 12.7. The Balaban J connectivity index is 1.28. The second kappa shape index (κ2) is 10.5. The van der Waals surface area contributed by atoms with Crippen LogP contribution in [0.3, 0.4) is 0 Å². The zero-order valence-electron chi connectivity index (χ0n) is 29.1. The zero-order valence-corrected chi connectivity index (χ0v) is 29.1. The Hall–Kier alpha value is -5.40. The first-order valence-corrected chi connectivity index (χ1v) is 17.4. The lowest BCUT2D eigenvalue weighted by atomic mass is 9.78. The van der Waals surface area contributed by atoms with Crippen LogP contribution in [0.5, 0.6) is 0 Å². The Labute approximate surface area is 287 Å². The van der Waals surface area contributed by atoms with Gasteiger partial charge in [-0.25, -0.2) is 0 Å². The van der Waals surface area contributed by atoms with E-state index in [0.29, 0.717) is 0 Å². The van der Waals surface area contributed by atoms with Crippen molar-refractivity contribution in [1.82, 2.24) is 0 Å². The Morgan fingerprint density at radius 3 is 1.10 bits per heavy atom. The molecule has 0 bridgehead atoms. The lowest BCUT2D eigenvalue weighted by Gasteiger charge is -2.26. The molecule has 1 heterocycles. The molecule has 0 saturated carbocycles. The van der Waals surface area contributed by atoms with Gasteiger partial charge >= 0.3 is 0 Å². The molecule has 0 radical (unpaired) electrons. The van der Waals surface area contributed by atoms with Crippen LogP contribution in [0.2, 0.25) is 0 Å². The van der Waals surface area contributed by atoms with Crippen LogP contribution in [0, 0.1) is 0 Å². The highest BCUT2D eigenvalue weighted by Crippen LogP contribution is 2.47. The van der Waals surface area contributed by atoms with Gasteiger partial charge in [-0.15, -0.1) is 0 Å². The van der Waals surface area contributed by atoms with Gasteiger partial charge in [0.15, 0.2) is 0 Å². The number of hydrogen-bond acceptors (Lipinski definition) is 1. The molecular weight excluding hydrogens is 593 g/mol. The van der Waals surface area contributed by atoms with E-state index in [9.17, 15) is 0 Å². The number of rotatable bonds is 2. The third kappa shape index (κ3) is 4.52. The molecule has 9 rings (SSSR count). The molecule has 9 aromatic rings. The second-order valence-electron chi connectivity index (χ2n) is 15.7. The first kappa shape index (κ1) is 29.7. The monoisotopic (exact) mass is 632 g/mol. The molecule has 1 heteroatoms. The van der Waals surface area contributed by atoms with Gasteiger partial charge in [0.25, 0.3) is 0 Å². The van der Waals surface area contributed by atoms with E-state index in [2.05, 4.69) is 175 Å². The van der Waals surface area contributed by atoms with Gasteiger partial charge in [0.1, 0.15) is 11.2 Å². The number of furan rings is 1. The Bertz CT molecular complexity index is 2660. The van der Waals surface area contributed by atoms with Gasteiger partial charge < -0.3 is 4.42 Å². The molecule has 0 unspecified atom stereocenters. The minimum atomic E-state index is 0.00184. The summed E-state index contributed by atoms with van der Waals surface area (Å²) in [7, 11) is 0. The molecule has 238 valence electrons. The molecule has 0 fully saturated rings. The highest BCUT2D eigenvalue weighted by atomic mass is 16.3. The van der Waals surface area contributed by atoms with Crippen molar-refractivity contribution in [2.75, 3.05) is 0 Å². The summed E-state index contributed by atoms with van der Waals surface area (Å²) in [6, 6.07) is 49.2. The van der Waals surface area contributed by atoms with E-state index in [-0.39, 0.29) is 10.8 Å². The predicted molar refractivity (Wildman–Crippen MR) is 212 cm³/mol. The number of benzene rings is 8. The summed E-state index contributed by atoms with van der Waals surface area (Å²) in [5.41, 5.74) is 9.56. The molecule has 0 saturated heterocycles. The van der Waals surface area contributed by atoms with E-state index in [1.165, 1.54) is 76.5 Å². The molecule has 0 N–H and O–H groups in total. The fourth-order valence-corrected chi connectivity index (χ4v) is 8.58. The smallest absolute Gasteiger partial charge is 0.136 e. The van der Waals surface area contributed by atoms with Gasteiger partial charge in [0, 0.05) is 10.8 Å². The van der Waals surface area contributed by atoms with E-state index in [0.717, 1.165) is 21.9 Å². The highest BCUT2D eigenvalue weighted by Gasteiger charge is 2.25. The molecule has 0 aliphatic carbocycles. The molecule has 0 amide bonds. The first-order chi connectivity index (χ1) is 23.6. The molecule has 0 aliphatic rings. The van der Waals surface area contributed by atoms with Crippen LogP contribution in [0.25, 0.3) is 87.3 Å². The van der Waals surface area contributed by atoms with Gasteiger partial charge in [0.2, 0.25) is 0 Å². The Morgan fingerprint density at radius 2 is 0.694 bits per heavy atom. The molecule has 8 aromatic carbocycles. The van der Waals surface area contributed by atoms with Crippen LogP contribution >= 0.6 is 0 Å². The molecule has 1 aromatic heterocycles. The average molecular weight is 633 g/mol. The minimum absolute atomic E-state index is 0.00184. The fourth-order valence-electron chi connectivity index (χ4n) is 8.58. The van der Waals surface area contributed by atoms with Crippen molar-refractivity contribution in [2.45, 2.75) is 52.4 Å². The fraction of sp³-hybridized carbons (Fsp3) is 0.167. The summed E-state index contributed by atoms with van der Waals surface area (Å²) in [4.78, 5) is 0. The Kier molecular flexibility index (Phi) is 6.40. The third-order valence-corrected chi connectivity index (χ3v) is 10.4. The summed E-state index contributed by atoms with van der Waals surface area (Å²) in [6.07, 6.45) is 0. The maximum absolute atomic E-state index is 6.65.